The van der Waals surface area contributed by atoms with Gasteiger partial charge < -0.3 is 14.8 Å². The Morgan fingerprint density at radius 1 is 1.28 bits per heavy atom. The number of rotatable bonds is 5. The summed E-state index contributed by atoms with van der Waals surface area (Å²) >= 11 is 5.94. The molecule has 2 aromatic carbocycles. The summed E-state index contributed by atoms with van der Waals surface area (Å²) in [5.41, 5.74) is 0.342. The molecule has 8 heteroatoms. The van der Waals surface area contributed by atoms with Crippen LogP contribution in [0.3, 0.4) is 0 Å². The van der Waals surface area contributed by atoms with Crippen molar-refractivity contribution in [1.29, 1.82) is 0 Å². The highest BCUT2D eigenvalue weighted by Crippen LogP contribution is 2.30. The fraction of sp³-hybridized carbons (Fsp3) is 0.0588. The van der Waals surface area contributed by atoms with Crippen molar-refractivity contribution < 1.29 is 23.4 Å². The summed E-state index contributed by atoms with van der Waals surface area (Å²) in [5.74, 6) is -2.03. The molecule has 0 fully saturated rings. The Morgan fingerprint density at radius 2 is 2.08 bits per heavy atom. The van der Waals surface area contributed by atoms with Gasteiger partial charge in [0.2, 0.25) is 0 Å². The number of carboxylic acids is 1. The third kappa shape index (κ3) is 3.61. The van der Waals surface area contributed by atoms with E-state index in [1.807, 2.05) is 0 Å². The number of carbonyl (C=O) groups is 1. The maximum atomic E-state index is 13.8. The van der Waals surface area contributed by atoms with Crippen LogP contribution in [-0.2, 0) is 6.61 Å². The largest absolute Gasteiger partial charge is 0.488 e. The van der Waals surface area contributed by atoms with Gasteiger partial charge in [0, 0.05) is 11.6 Å². The van der Waals surface area contributed by atoms with Gasteiger partial charge in [-0.15, -0.1) is 0 Å². The van der Waals surface area contributed by atoms with Crippen molar-refractivity contribution in [2.75, 3.05) is 0 Å². The summed E-state index contributed by atoms with van der Waals surface area (Å²) in [5, 5.41) is 9.14. The van der Waals surface area contributed by atoms with Crippen molar-refractivity contribution in [2.24, 2.45) is 0 Å². The normalized spacial score (nSPS) is 10.7. The zero-order valence-electron chi connectivity index (χ0n) is 12.6. The van der Waals surface area contributed by atoms with Gasteiger partial charge in [-0.1, -0.05) is 17.7 Å². The Balaban J connectivity index is 1.93. The van der Waals surface area contributed by atoms with Crippen LogP contribution in [-0.4, -0.2) is 21.0 Å². The highest BCUT2D eigenvalue weighted by Gasteiger charge is 2.15. The molecule has 128 valence electrons. The average Bonchev–Trinajstić information content (AvgIpc) is 3.04. The van der Waals surface area contributed by atoms with E-state index in [-0.39, 0.29) is 34.5 Å². The van der Waals surface area contributed by atoms with Gasteiger partial charge in [-0.3, -0.25) is 0 Å². The minimum Gasteiger partial charge on any atom is -0.488 e. The molecule has 3 rings (SSSR count). The number of aromatic nitrogens is 2. The molecule has 0 radical (unpaired) electrons. The van der Waals surface area contributed by atoms with Crippen molar-refractivity contribution in [3.05, 3.63) is 70.5 Å². The number of carboxylic acid groups (broad SMARTS) is 1. The molecule has 0 atom stereocenters. The Kier molecular flexibility index (Phi) is 4.67. The van der Waals surface area contributed by atoms with Crippen LogP contribution in [0.4, 0.5) is 8.78 Å². The van der Waals surface area contributed by atoms with Gasteiger partial charge in [-0.05, 0) is 24.3 Å². The summed E-state index contributed by atoms with van der Waals surface area (Å²) in [4.78, 5) is 17.5. The third-order valence-corrected chi connectivity index (χ3v) is 3.79. The Hall–Kier alpha value is -2.93. The molecule has 0 saturated heterocycles. The van der Waals surface area contributed by atoms with Gasteiger partial charge in [0.1, 0.15) is 35.5 Å². The van der Waals surface area contributed by atoms with Crippen LogP contribution in [0.1, 0.15) is 16.1 Å². The van der Waals surface area contributed by atoms with Crippen molar-refractivity contribution in [3.63, 3.8) is 0 Å². The van der Waals surface area contributed by atoms with Crippen LogP contribution >= 0.6 is 11.6 Å². The van der Waals surface area contributed by atoms with Crippen LogP contribution < -0.4 is 4.74 Å². The maximum Gasteiger partial charge on any atom is 0.353 e. The number of nitrogens with zero attached hydrogens (tertiary/aromatic N) is 1. The van der Waals surface area contributed by atoms with E-state index in [1.165, 1.54) is 30.3 Å². The first-order chi connectivity index (χ1) is 12.0. The maximum absolute atomic E-state index is 13.8. The number of hydrogen-bond donors (Lipinski definition) is 2. The molecule has 0 aliphatic heterocycles. The SMILES string of the molecule is O=C(O)c1cnc(-c2ccc(F)cc2OCc2c(F)cccc2Cl)[nH]1. The fourth-order valence-corrected chi connectivity index (χ4v) is 2.42. The summed E-state index contributed by atoms with van der Waals surface area (Å²) in [7, 11) is 0. The number of aromatic carboxylic acids is 1. The van der Waals surface area contributed by atoms with Gasteiger partial charge >= 0.3 is 5.97 Å². The molecule has 0 bridgehead atoms. The first-order valence-electron chi connectivity index (χ1n) is 7.09. The molecular weight excluding hydrogens is 354 g/mol. The topological polar surface area (TPSA) is 75.2 Å². The van der Waals surface area contributed by atoms with E-state index in [9.17, 15) is 13.6 Å². The van der Waals surface area contributed by atoms with Gasteiger partial charge in [0.25, 0.3) is 0 Å². The lowest BCUT2D eigenvalue weighted by Gasteiger charge is -2.12. The van der Waals surface area contributed by atoms with Crippen molar-refractivity contribution >= 4 is 17.6 Å². The van der Waals surface area contributed by atoms with E-state index in [2.05, 4.69) is 9.97 Å². The average molecular weight is 365 g/mol. The summed E-state index contributed by atoms with van der Waals surface area (Å²) in [6.45, 7) is -0.228. The standard InChI is InChI=1S/C17H11ClF2N2O3/c18-12-2-1-3-13(20)11(12)8-25-15-6-9(19)4-5-10(15)16-21-7-14(22-16)17(23)24/h1-7H,8H2,(H,21,22)(H,23,24). The van der Waals surface area contributed by atoms with Gasteiger partial charge in [0.05, 0.1) is 16.8 Å². The smallest absolute Gasteiger partial charge is 0.353 e. The van der Waals surface area contributed by atoms with E-state index in [1.54, 1.807) is 0 Å². The van der Waals surface area contributed by atoms with Crippen LogP contribution in [0.5, 0.6) is 5.75 Å². The molecular formula is C17H11ClF2N2O3. The number of nitrogens with one attached hydrogen (secondary N) is 1. The number of H-pyrrole nitrogens is 1. The minimum atomic E-state index is -1.18. The fourth-order valence-electron chi connectivity index (χ4n) is 2.20. The zero-order valence-corrected chi connectivity index (χ0v) is 13.3. The Labute approximate surface area is 145 Å². The van der Waals surface area contributed by atoms with Gasteiger partial charge in [0.15, 0.2) is 0 Å². The van der Waals surface area contributed by atoms with Crippen LogP contribution in [0, 0.1) is 11.6 Å². The van der Waals surface area contributed by atoms with Crippen LogP contribution in [0.25, 0.3) is 11.4 Å². The summed E-state index contributed by atoms with van der Waals surface area (Å²) in [6, 6.07) is 7.89. The molecule has 0 aliphatic rings. The number of benzene rings is 2. The first-order valence-corrected chi connectivity index (χ1v) is 7.47. The van der Waals surface area contributed by atoms with Crippen molar-refractivity contribution in [1.82, 2.24) is 9.97 Å². The molecule has 0 amide bonds. The second kappa shape index (κ2) is 6.90. The third-order valence-electron chi connectivity index (χ3n) is 3.44. The van der Waals surface area contributed by atoms with Crippen LogP contribution in [0.15, 0.2) is 42.6 Å². The Bertz CT molecular complexity index is 923. The summed E-state index contributed by atoms with van der Waals surface area (Å²) < 4.78 is 32.9. The quantitative estimate of drug-likeness (QED) is 0.708. The molecule has 5 nitrogen and oxygen atoms in total. The van der Waals surface area contributed by atoms with Crippen LogP contribution in [0.2, 0.25) is 5.02 Å². The predicted octanol–water partition coefficient (Wildman–Crippen LogP) is 4.29. The summed E-state index contributed by atoms with van der Waals surface area (Å²) in [6.07, 6.45) is 1.14. The second-order valence-corrected chi connectivity index (χ2v) is 5.49. The minimum absolute atomic E-state index is 0.0746. The second-order valence-electron chi connectivity index (χ2n) is 5.08. The lowest BCUT2D eigenvalue weighted by atomic mass is 10.1. The molecule has 0 unspecified atom stereocenters. The lowest BCUT2D eigenvalue weighted by molar-refractivity contribution is 0.0691. The van der Waals surface area contributed by atoms with Crippen molar-refractivity contribution in [3.8, 4) is 17.1 Å². The van der Waals surface area contributed by atoms with Gasteiger partial charge in [-0.25, -0.2) is 18.6 Å². The molecule has 1 heterocycles. The van der Waals surface area contributed by atoms with Crippen molar-refractivity contribution in [2.45, 2.75) is 6.61 Å². The zero-order chi connectivity index (χ0) is 18.0. The number of hydrogen-bond acceptors (Lipinski definition) is 3. The van der Waals surface area contributed by atoms with E-state index < -0.39 is 17.6 Å². The number of halogens is 3. The number of aromatic amines is 1. The molecule has 25 heavy (non-hydrogen) atoms. The van der Waals surface area contributed by atoms with E-state index in [0.29, 0.717) is 5.56 Å². The van der Waals surface area contributed by atoms with E-state index in [4.69, 9.17) is 21.4 Å². The molecule has 3 aromatic rings. The molecule has 0 spiro atoms. The van der Waals surface area contributed by atoms with Gasteiger partial charge in [-0.2, -0.15) is 0 Å². The predicted molar refractivity (Wildman–Crippen MR) is 86.7 cm³/mol. The van der Waals surface area contributed by atoms with E-state index in [0.717, 1.165) is 12.3 Å². The monoisotopic (exact) mass is 364 g/mol. The molecule has 0 saturated carbocycles. The Morgan fingerprint density at radius 3 is 2.76 bits per heavy atom. The highest BCUT2D eigenvalue weighted by molar-refractivity contribution is 6.31. The number of ether oxygens (including phenoxy) is 1. The molecule has 0 aliphatic carbocycles. The molecule has 1 aromatic heterocycles. The van der Waals surface area contributed by atoms with E-state index >= 15 is 0 Å². The highest BCUT2D eigenvalue weighted by atomic mass is 35.5. The molecule has 2 N–H and O–H groups in total. The number of imidazole rings is 1. The first kappa shape index (κ1) is 16.9. The lowest BCUT2D eigenvalue weighted by Crippen LogP contribution is -2.01.